The summed E-state index contributed by atoms with van der Waals surface area (Å²) in [6, 6.07) is 15.0. The number of carbonyl (C=O) groups is 1. The lowest BCUT2D eigenvalue weighted by Crippen LogP contribution is -2.13. The molecule has 0 saturated carbocycles. The van der Waals surface area contributed by atoms with Gasteiger partial charge in [0.05, 0.1) is 17.3 Å². The minimum absolute atomic E-state index is 0.0687. The molecule has 5 aromatic rings. The van der Waals surface area contributed by atoms with E-state index in [2.05, 4.69) is 19.9 Å². The number of amides is 1. The molecular formula is C25H18FN5O5S. The number of halogens is 1. The van der Waals surface area contributed by atoms with Crippen molar-refractivity contribution >= 4 is 26.8 Å². The molecule has 5 rings (SSSR count). The first-order valence-electron chi connectivity index (χ1n) is 10.7. The lowest BCUT2D eigenvalue weighted by molar-refractivity contribution is 0.0997. The fraction of sp³-hybridized carbons (Fsp3) is 0.0400. The Morgan fingerprint density at radius 2 is 1.84 bits per heavy atom. The van der Waals surface area contributed by atoms with E-state index in [0.29, 0.717) is 22.6 Å². The highest BCUT2D eigenvalue weighted by Crippen LogP contribution is 2.38. The Morgan fingerprint density at radius 3 is 2.51 bits per heavy atom. The number of imidazole rings is 1. The number of aromatic nitrogens is 4. The monoisotopic (exact) mass is 519 g/mol. The van der Waals surface area contributed by atoms with E-state index in [-0.39, 0.29) is 33.6 Å². The van der Waals surface area contributed by atoms with E-state index in [1.807, 2.05) is 0 Å². The maximum absolute atomic E-state index is 14.7. The molecule has 10 nitrogen and oxygen atoms in total. The lowest BCUT2D eigenvalue weighted by atomic mass is 10.2. The first-order chi connectivity index (χ1) is 17.7. The summed E-state index contributed by atoms with van der Waals surface area (Å²) in [4.78, 5) is 27.8. The summed E-state index contributed by atoms with van der Waals surface area (Å²) in [5.41, 5.74) is 6.60. The van der Waals surface area contributed by atoms with Crippen LogP contribution in [0.1, 0.15) is 10.4 Å². The fourth-order valence-electron chi connectivity index (χ4n) is 3.52. The number of hydrogen-bond donors (Lipinski definition) is 2. The lowest BCUT2D eigenvalue weighted by Gasteiger charge is -2.12. The van der Waals surface area contributed by atoms with E-state index in [9.17, 15) is 17.6 Å². The zero-order valence-corrected chi connectivity index (χ0v) is 20.0. The van der Waals surface area contributed by atoms with E-state index in [1.165, 1.54) is 36.5 Å². The van der Waals surface area contributed by atoms with Crippen LogP contribution < -0.4 is 15.2 Å². The number of pyridine rings is 2. The second-order valence-electron chi connectivity index (χ2n) is 7.91. The van der Waals surface area contributed by atoms with Gasteiger partial charge in [0, 0.05) is 24.6 Å². The van der Waals surface area contributed by atoms with Gasteiger partial charge in [0.25, 0.3) is 5.91 Å². The van der Waals surface area contributed by atoms with E-state index >= 15 is 0 Å². The molecule has 0 radical (unpaired) electrons. The molecule has 186 valence electrons. The van der Waals surface area contributed by atoms with E-state index in [4.69, 9.17) is 15.2 Å². The molecule has 12 heteroatoms. The molecule has 0 atom stereocenters. The first kappa shape index (κ1) is 23.9. The number of nitrogens with two attached hydrogens (primary N) is 1. The number of H-pyrrole nitrogens is 1. The normalized spacial score (nSPS) is 11.4. The van der Waals surface area contributed by atoms with Crippen molar-refractivity contribution in [2.75, 3.05) is 6.26 Å². The average molecular weight is 520 g/mol. The molecule has 0 aliphatic heterocycles. The maximum atomic E-state index is 14.7. The van der Waals surface area contributed by atoms with Gasteiger partial charge in [-0.15, -0.1) is 0 Å². The highest BCUT2D eigenvalue weighted by Gasteiger charge is 2.20. The molecular weight excluding hydrogens is 501 g/mol. The Kier molecular flexibility index (Phi) is 6.01. The number of carbonyl (C=O) groups excluding carboxylic acids is 1. The van der Waals surface area contributed by atoms with Gasteiger partial charge in [-0.3, -0.25) is 9.78 Å². The molecule has 3 aromatic heterocycles. The summed E-state index contributed by atoms with van der Waals surface area (Å²) < 4.78 is 49.8. The van der Waals surface area contributed by atoms with Gasteiger partial charge in [-0.2, -0.15) is 0 Å². The third-order valence-corrected chi connectivity index (χ3v) is 6.20. The number of fused-ring (bicyclic) bond motifs is 1. The Labute approximate surface area is 209 Å². The summed E-state index contributed by atoms with van der Waals surface area (Å²) in [6.45, 7) is 0. The SMILES string of the molecule is CS(=O)(=O)c1ccc(Oc2cc(Oc3c(F)cccc3C(N)=O)c3nc(-c4ccccn4)[nH]c3c2)cn1. The van der Waals surface area contributed by atoms with Crippen molar-refractivity contribution in [3.63, 3.8) is 0 Å². The number of nitrogens with one attached hydrogen (secondary N) is 1. The number of aromatic amines is 1. The van der Waals surface area contributed by atoms with Gasteiger partial charge in [0.15, 0.2) is 38.0 Å². The zero-order valence-electron chi connectivity index (χ0n) is 19.2. The Bertz CT molecular complexity index is 1740. The summed E-state index contributed by atoms with van der Waals surface area (Å²) in [5.74, 6) is -1.06. The molecule has 0 saturated heterocycles. The summed E-state index contributed by atoms with van der Waals surface area (Å²) in [7, 11) is -3.48. The van der Waals surface area contributed by atoms with Crippen LogP contribution in [-0.4, -0.2) is 40.5 Å². The van der Waals surface area contributed by atoms with Crippen molar-refractivity contribution in [2.45, 2.75) is 5.03 Å². The fourth-order valence-corrected chi connectivity index (χ4v) is 4.08. The van der Waals surface area contributed by atoms with Gasteiger partial charge in [-0.1, -0.05) is 12.1 Å². The van der Waals surface area contributed by atoms with E-state index in [0.717, 1.165) is 12.3 Å². The highest BCUT2D eigenvalue weighted by atomic mass is 32.2. The molecule has 3 heterocycles. The molecule has 1 amide bonds. The van der Waals surface area contributed by atoms with Gasteiger partial charge in [0.2, 0.25) is 0 Å². The van der Waals surface area contributed by atoms with Crippen LogP contribution in [0.3, 0.4) is 0 Å². The van der Waals surface area contributed by atoms with Crippen molar-refractivity contribution in [3.05, 3.63) is 84.4 Å². The average Bonchev–Trinajstić information content (AvgIpc) is 3.30. The number of ether oxygens (including phenoxy) is 2. The third kappa shape index (κ3) is 4.95. The van der Waals surface area contributed by atoms with Crippen molar-refractivity contribution in [3.8, 4) is 34.5 Å². The Morgan fingerprint density at radius 1 is 1.00 bits per heavy atom. The molecule has 0 spiro atoms. The number of sulfone groups is 1. The van der Waals surface area contributed by atoms with Crippen LogP contribution in [0.25, 0.3) is 22.6 Å². The van der Waals surface area contributed by atoms with Crippen molar-refractivity contribution < 1.29 is 27.1 Å². The van der Waals surface area contributed by atoms with Crippen molar-refractivity contribution in [1.29, 1.82) is 0 Å². The van der Waals surface area contributed by atoms with Crippen molar-refractivity contribution in [1.82, 2.24) is 19.9 Å². The van der Waals surface area contributed by atoms with Gasteiger partial charge in [0.1, 0.15) is 22.7 Å². The summed E-state index contributed by atoms with van der Waals surface area (Å²) in [5, 5.41) is -0.105. The largest absolute Gasteiger partial charge is 0.456 e. The molecule has 0 unspecified atom stereocenters. The highest BCUT2D eigenvalue weighted by molar-refractivity contribution is 7.90. The minimum Gasteiger partial charge on any atom is -0.456 e. The Hall–Kier alpha value is -4.84. The number of primary amides is 1. The second-order valence-corrected chi connectivity index (χ2v) is 9.87. The number of nitrogens with zero attached hydrogens (tertiary/aromatic N) is 3. The predicted octanol–water partition coefficient (Wildman–Crippen LogP) is 4.25. The zero-order chi connectivity index (χ0) is 26.2. The number of para-hydroxylation sites is 1. The van der Waals surface area contributed by atoms with Crippen LogP contribution in [-0.2, 0) is 9.84 Å². The molecule has 0 fully saturated rings. The molecule has 37 heavy (non-hydrogen) atoms. The minimum atomic E-state index is -3.48. The van der Waals surface area contributed by atoms with Gasteiger partial charge in [-0.05, 0) is 36.4 Å². The van der Waals surface area contributed by atoms with E-state index in [1.54, 1.807) is 30.5 Å². The predicted molar refractivity (Wildman–Crippen MR) is 132 cm³/mol. The third-order valence-electron chi connectivity index (χ3n) is 5.20. The van der Waals surface area contributed by atoms with Crippen LogP contribution in [0.15, 0.2) is 78.1 Å². The smallest absolute Gasteiger partial charge is 0.252 e. The maximum Gasteiger partial charge on any atom is 0.252 e. The molecule has 2 aromatic carbocycles. The van der Waals surface area contributed by atoms with Crippen LogP contribution in [0, 0.1) is 5.82 Å². The summed E-state index contributed by atoms with van der Waals surface area (Å²) in [6.07, 6.45) is 3.92. The van der Waals surface area contributed by atoms with Crippen LogP contribution in [0.5, 0.6) is 23.0 Å². The summed E-state index contributed by atoms with van der Waals surface area (Å²) >= 11 is 0. The molecule has 0 bridgehead atoms. The molecule has 0 aliphatic rings. The van der Waals surface area contributed by atoms with Gasteiger partial charge in [-0.25, -0.2) is 22.8 Å². The number of hydrogen-bond acceptors (Lipinski definition) is 8. The van der Waals surface area contributed by atoms with Gasteiger partial charge < -0.3 is 20.2 Å². The topological polar surface area (TPSA) is 150 Å². The number of rotatable bonds is 7. The van der Waals surface area contributed by atoms with Crippen molar-refractivity contribution in [2.24, 2.45) is 5.73 Å². The Balaban J connectivity index is 1.61. The van der Waals surface area contributed by atoms with Crippen LogP contribution >= 0.6 is 0 Å². The first-order valence-corrected chi connectivity index (χ1v) is 12.6. The van der Waals surface area contributed by atoms with Crippen LogP contribution in [0.4, 0.5) is 4.39 Å². The number of benzene rings is 2. The molecule has 0 aliphatic carbocycles. The second kappa shape index (κ2) is 9.32. The molecule has 3 N–H and O–H groups in total. The quantitative estimate of drug-likeness (QED) is 0.324. The van der Waals surface area contributed by atoms with Gasteiger partial charge >= 0.3 is 0 Å². The van der Waals surface area contributed by atoms with Crippen LogP contribution in [0.2, 0.25) is 0 Å². The standard InChI is InChI=1S/C25H18FN5O5S/c1-37(33,34)21-9-8-14(13-29-21)35-15-11-19-22(31-25(30-19)18-7-2-3-10-28-18)20(12-15)36-23-16(24(27)32)5-4-6-17(23)26/h2-13H,1H3,(H2,27,32)(H,30,31). The van der Waals surface area contributed by atoms with E-state index < -0.39 is 21.6 Å².